The van der Waals surface area contributed by atoms with Gasteiger partial charge in [0.15, 0.2) is 11.6 Å². The Bertz CT molecular complexity index is 644. The molecule has 3 nitrogen and oxygen atoms in total. The lowest BCUT2D eigenvalue weighted by molar-refractivity contribution is 0.383. The fourth-order valence-corrected chi connectivity index (χ4v) is 3.06. The highest BCUT2D eigenvalue weighted by Gasteiger charge is 2.28. The van der Waals surface area contributed by atoms with E-state index >= 15 is 0 Å². The number of benzene rings is 2. The number of rotatable bonds is 5. The molecule has 2 aromatic carbocycles. The van der Waals surface area contributed by atoms with E-state index in [9.17, 15) is 4.39 Å². The molecule has 2 aromatic rings. The number of hydrogen-bond acceptors (Lipinski definition) is 3. The maximum Gasteiger partial charge on any atom is 0.165 e. The zero-order valence-electron chi connectivity index (χ0n) is 12.0. The highest BCUT2D eigenvalue weighted by molar-refractivity contribution is 5.40. The molecule has 1 aliphatic rings. The van der Waals surface area contributed by atoms with Crippen LogP contribution >= 0.6 is 0 Å². The predicted octanol–water partition coefficient (Wildman–Crippen LogP) is 3.07. The second-order valence-corrected chi connectivity index (χ2v) is 5.45. The van der Waals surface area contributed by atoms with Gasteiger partial charge in [0.25, 0.3) is 0 Å². The zero-order valence-corrected chi connectivity index (χ0v) is 12.0. The van der Waals surface area contributed by atoms with Gasteiger partial charge >= 0.3 is 0 Å². The molecule has 110 valence electrons. The van der Waals surface area contributed by atoms with Gasteiger partial charge in [-0.3, -0.25) is 11.3 Å². The molecule has 21 heavy (non-hydrogen) atoms. The largest absolute Gasteiger partial charge is 0.494 e. The average molecular weight is 286 g/mol. The van der Waals surface area contributed by atoms with Gasteiger partial charge in [0, 0.05) is 6.04 Å². The third kappa shape index (κ3) is 2.64. The molecular formula is C17H19FN2O. The summed E-state index contributed by atoms with van der Waals surface area (Å²) in [4.78, 5) is 0. The summed E-state index contributed by atoms with van der Waals surface area (Å²) in [6, 6.07) is 13.4. The molecule has 0 bridgehead atoms. The van der Waals surface area contributed by atoms with Crippen LogP contribution in [0.25, 0.3) is 0 Å². The summed E-state index contributed by atoms with van der Waals surface area (Å²) < 4.78 is 18.8. The molecule has 2 atom stereocenters. The Morgan fingerprint density at radius 2 is 2.14 bits per heavy atom. The molecule has 1 aliphatic carbocycles. The molecule has 4 heteroatoms. The lowest BCUT2D eigenvalue weighted by Crippen LogP contribution is -2.31. The van der Waals surface area contributed by atoms with Gasteiger partial charge in [-0.2, -0.15) is 0 Å². The number of ether oxygens (including phenoxy) is 1. The van der Waals surface area contributed by atoms with Crippen molar-refractivity contribution in [3.05, 3.63) is 65.0 Å². The lowest BCUT2D eigenvalue weighted by Gasteiger charge is -2.33. The van der Waals surface area contributed by atoms with Crippen LogP contribution in [0, 0.1) is 5.82 Å². The fourth-order valence-electron chi connectivity index (χ4n) is 3.06. The molecule has 0 saturated heterocycles. The van der Waals surface area contributed by atoms with E-state index in [-0.39, 0.29) is 17.6 Å². The monoisotopic (exact) mass is 286 g/mol. The smallest absolute Gasteiger partial charge is 0.165 e. The summed E-state index contributed by atoms with van der Waals surface area (Å²) in [6.07, 6.45) is 1.92. The fraction of sp³-hybridized carbons (Fsp3) is 0.294. The van der Waals surface area contributed by atoms with Crippen molar-refractivity contribution in [3.63, 3.8) is 0 Å². The van der Waals surface area contributed by atoms with Crippen LogP contribution in [-0.2, 0) is 6.42 Å². The van der Waals surface area contributed by atoms with E-state index in [0.717, 1.165) is 18.4 Å². The van der Waals surface area contributed by atoms with E-state index in [1.807, 2.05) is 6.07 Å². The van der Waals surface area contributed by atoms with E-state index in [2.05, 4.69) is 29.7 Å². The molecule has 0 spiro atoms. The Morgan fingerprint density at radius 3 is 2.81 bits per heavy atom. The molecule has 0 aromatic heterocycles. The topological polar surface area (TPSA) is 47.3 Å². The van der Waals surface area contributed by atoms with Crippen LogP contribution in [0.2, 0.25) is 0 Å². The zero-order chi connectivity index (χ0) is 14.8. The number of fused-ring (bicyclic) bond motifs is 1. The van der Waals surface area contributed by atoms with Crippen LogP contribution in [0.1, 0.15) is 35.1 Å². The molecule has 2 unspecified atom stereocenters. The lowest BCUT2D eigenvalue weighted by atomic mass is 9.74. The number of methoxy groups -OCH3 is 1. The van der Waals surface area contributed by atoms with Gasteiger partial charge in [0.2, 0.25) is 0 Å². The summed E-state index contributed by atoms with van der Waals surface area (Å²) in [6.45, 7) is 0. The summed E-state index contributed by atoms with van der Waals surface area (Å²) in [5.41, 5.74) is 6.44. The van der Waals surface area contributed by atoms with Crippen molar-refractivity contribution >= 4 is 0 Å². The summed E-state index contributed by atoms with van der Waals surface area (Å²) in [7, 11) is 1.46. The number of nitrogens with one attached hydrogen (secondary N) is 1. The van der Waals surface area contributed by atoms with E-state index in [0.29, 0.717) is 5.92 Å². The van der Waals surface area contributed by atoms with Gasteiger partial charge in [-0.05, 0) is 47.6 Å². The first kappa shape index (κ1) is 14.0. The maximum atomic E-state index is 13.8. The van der Waals surface area contributed by atoms with Crippen LogP contribution in [0.3, 0.4) is 0 Å². The van der Waals surface area contributed by atoms with Crippen molar-refractivity contribution in [1.29, 1.82) is 0 Å². The number of halogens is 1. The normalized spacial score (nSPS) is 17.8. The van der Waals surface area contributed by atoms with Crippen LogP contribution in [0.4, 0.5) is 4.39 Å². The number of hydrogen-bond donors (Lipinski definition) is 2. The van der Waals surface area contributed by atoms with Crippen molar-refractivity contribution < 1.29 is 9.13 Å². The molecule has 0 heterocycles. The molecular weight excluding hydrogens is 267 g/mol. The Kier molecular flexibility index (Phi) is 3.90. The molecule has 0 fully saturated rings. The third-order valence-corrected chi connectivity index (χ3v) is 4.26. The first-order valence-corrected chi connectivity index (χ1v) is 7.10. The summed E-state index contributed by atoms with van der Waals surface area (Å²) in [5, 5.41) is 0. The molecule has 3 rings (SSSR count). The van der Waals surface area contributed by atoms with Crippen molar-refractivity contribution in [2.75, 3.05) is 7.11 Å². The number of hydrazine groups is 1. The maximum absolute atomic E-state index is 13.8. The molecule has 0 amide bonds. The van der Waals surface area contributed by atoms with Gasteiger partial charge < -0.3 is 4.74 Å². The molecule has 3 N–H and O–H groups in total. The molecule has 0 radical (unpaired) electrons. The van der Waals surface area contributed by atoms with Crippen molar-refractivity contribution in [2.45, 2.75) is 24.8 Å². The highest BCUT2D eigenvalue weighted by atomic mass is 19.1. The quantitative estimate of drug-likeness (QED) is 0.656. The van der Waals surface area contributed by atoms with Gasteiger partial charge in [-0.15, -0.1) is 0 Å². The van der Waals surface area contributed by atoms with Gasteiger partial charge in [-0.25, -0.2) is 4.39 Å². The van der Waals surface area contributed by atoms with Crippen LogP contribution < -0.4 is 16.0 Å². The SMILES string of the molecule is COc1ccc(C(CC2Cc3ccccc32)NN)cc1F. The van der Waals surface area contributed by atoms with E-state index in [4.69, 9.17) is 10.6 Å². The Morgan fingerprint density at radius 1 is 1.33 bits per heavy atom. The van der Waals surface area contributed by atoms with E-state index < -0.39 is 0 Å². The van der Waals surface area contributed by atoms with Gasteiger partial charge in [0.05, 0.1) is 7.11 Å². The summed E-state index contributed by atoms with van der Waals surface area (Å²) in [5.74, 6) is 6.04. The number of nitrogens with two attached hydrogens (primary N) is 1. The minimum Gasteiger partial charge on any atom is -0.494 e. The highest BCUT2D eigenvalue weighted by Crippen LogP contribution is 2.40. The minimum absolute atomic E-state index is 0.0660. The first-order valence-electron chi connectivity index (χ1n) is 7.10. The van der Waals surface area contributed by atoms with Crippen molar-refractivity contribution in [3.8, 4) is 5.75 Å². The molecule has 0 saturated carbocycles. The minimum atomic E-state index is -0.357. The Hall–Kier alpha value is -1.91. The van der Waals surface area contributed by atoms with Gasteiger partial charge in [0.1, 0.15) is 0 Å². The van der Waals surface area contributed by atoms with Crippen LogP contribution in [0.15, 0.2) is 42.5 Å². The Balaban J connectivity index is 1.76. The third-order valence-electron chi connectivity index (χ3n) is 4.26. The second kappa shape index (κ2) is 5.84. The predicted molar refractivity (Wildman–Crippen MR) is 80.5 cm³/mol. The van der Waals surface area contributed by atoms with Crippen molar-refractivity contribution in [2.24, 2.45) is 5.84 Å². The molecule has 0 aliphatic heterocycles. The van der Waals surface area contributed by atoms with E-state index in [1.54, 1.807) is 6.07 Å². The van der Waals surface area contributed by atoms with E-state index in [1.165, 1.54) is 24.3 Å². The Labute approximate surface area is 123 Å². The van der Waals surface area contributed by atoms with Crippen molar-refractivity contribution in [1.82, 2.24) is 5.43 Å². The standard InChI is InChI=1S/C17H19FN2O/c1-21-17-7-6-12(9-15(17)18)16(20-19)10-13-8-11-4-2-3-5-14(11)13/h2-7,9,13,16,20H,8,10,19H2,1H3. The summed E-state index contributed by atoms with van der Waals surface area (Å²) >= 11 is 0. The second-order valence-electron chi connectivity index (χ2n) is 5.45. The van der Waals surface area contributed by atoms with Gasteiger partial charge in [-0.1, -0.05) is 30.3 Å². The first-order chi connectivity index (χ1) is 10.2. The average Bonchev–Trinajstić information content (AvgIpc) is 2.48. The van der Waals surface area contributed by atoms with Crippen LogP contribution in [0.5, 0.6) is 5.75 Å². The van der Waals surface area contributed by atoms with Crippen LogP contribution in [-0.4, -0.2) is 7.11 Å².